The molecule has 1 unspecified atom stereocenters. The predicted octanol–water partition coefficient (Wildman–Crippen LogP) is 2.57. The van der Waals surface area contributed by atoms with Gasteiger partial charge in [-0.15, -0.1) is 0 Å². The molecule has 0 saturated carbocycles. The maximum atomic E-state index is 12.3. The number of hydrogen-bond acceptors (Lipinski definition) is 4. The van der Waals surface area contributed by atoms with Crippen LogP contribution in [0.2, 0.25) is 0 Å². The summed E-state index contributed by atoms with van der Waals surface area (Å²) in [5, 5.41) is 0. The molecule has 3 rings (SSSR count). The molecule has 1 atom stereocenters. The second-order valence-electron chi connectivity index (χ2n) is 5.17. The van der Waals surface area contributed by atoms with Crippen LogP contribution in [0.4, 0.5) is 5.69 Å². The lowest BCUT2D eigenvalue weighted by Crippen LogP contribution is -2.13. The van der Waals surface area contributed by atoms with Crippen LogP contribution in [0.5, 0.6) is 5.75 Å². The second kappa shape index (κ2) is 5.98. The molecule has 116 valence electrons. The van der Waals surface area contributed by atoms with Crippen molar-refractivity contribution in [1.82, 2.24) is 0 Å². The topological polar surface area (TPSA) is 67.9 Å². The summed E-state index contributed by atoms with van der Waals surface area (Å²) in [7, 11) is -3.59. The Kier molecular flexibility index (Phi) is 4.04. The van der Waals surface area contributed by atoms with Crippen molar-refractivity contribution in [3.63, 3.8) is 0 Å². The minimum Gasteiger partial charge on any atom is -0.490 e. The fourth-order valence-electron chi connectivity index (χ4n) is 1.98. The van der Waals surface area contributed by atoms with Crippen LogP contribution < -0.4 is 9.46 Å². The van der Waals surface area contributed by atoms with Crippen LogP contribution in [-0.2, 0) is 14.8 Å². The highest BCUT2D eigenvalue weighted by Crippen LogP contribution is 2.25. The molecule has 1 aliphatic heterocycles. The zero-order valence-corrected chi connectivity index (χ0v) is 13.0. The van der Waals surface area contributed by atoms with Gasteiger partial charge in [-0.1, -0.05) is 24.3 Å². The van der Waals surface area contributed by atoms with E-state index in [1.165, 1.54) is 0 Å². The normalized spacial score (nSPS) is 17.0. The molecule has 0 spiro atoms. The number of benzene rings is 2. The minimum atomic E-state index is -3.59. The van der Waals surface area contributed by atoms with Gasteiger partial charge < -0.3 is 9.47 Å². The van der Waals surface area contributed by atoms with Gasteiger partial charge in [-0.3, -0.25) is 4.72 Å². The molecule has 2 aromatic carbocycles. The Morgan fingerprint density at radius 1 is 1.23 bits per heavy atom. The molecule has 2 aromatic rings. The Morgan fingerprint density at radius 2 is 1.95 bits per heavy atom. The summed E-state index contributed by atoms with van der Waals surface area (Å²) in [6.45, 7) is 3.12. The summed E-state index contributed by atoms with van der Waals surface area (Å²) in [6, 6.07) is 13.5. The van der Waals surface area contributed by atoms with E-state index in [1.54, 1.807) is 42.5 Å². The van der Waals surface area contributed by atoms with E-state index < -0.39 is 10.0 Å². The zero-order chi connectivity index (χ0) is 15.6. The fraction of sp³-hybridized carbons (Fsp3) is 0.250. The number of ether oxygens (including phenoxy) is 2. The first-order valence-electron chi connectivity index (χ1n) is 6.97. The standard InChI is InChI=1S/C16H17NO4S/c1-12-7-8-13(9-16(12)21-11-14-10-20-14)17-22(18,19)15-5-3-2-4-6-15/h2-9,14,17H,10-11H2,1H3. The van der Waals surface area contributed by atoms with Gasteiger partial charge in [0.2, 0.25) is 0 Å². The van der Waals surface area contributed by atoms with Gasteiger partial charge in [0.1, 0.15) is 18.5 Å². The van der Waals surface area contributed by atoms with E-state index in [9.17, 15) is 8.42 Å². The largest absolute Gasteiger partial charge is 0.490 e. The molecule has 22 heavy (non-hydrogen) atoms. The summed E-state index contributed by atoms with van der Waals surface area (Å²) in [5.41, 5.74) is 1.42. The molecule has 0 amide bonds. The minimum absolute atomic E-state index is 0.157. The van der Waals surface area contributed by atoms with Crippen molar-refractivity contribution < 1.29 is 17.9 Å². The third-order valence-electron chi connectivity index (χ3n) is 3.32. The van der Waals surface area contributed by atoms with Crippen molar-refractivity contribution in [2.24, 2.45) is 0 Å². The first-order chi connectivity index (χ1) is 10.5. The summed E-state index contributed by atoms with van der Waals surface area (Å²) in [5.74, 6) is 0.656. The van der Waals surface area contributed by atoms with Crippen molar-refractivity contribution in [3.8, 4) is 5.75 Å². The summed E-state index contributed by atoms with van der Waals surface area (Å²) in [4.78, 5) is 0.226. The molecule has 0 radical (unpaired) electrons. The van der Waals surface area contributed by atoms with Crippen LogP contribution in [0.25, 0.3) is 0 Å². The molecule has 1 heterocycles. The molecule has 1 saturated heterocycles. The van der Waals surface area contributed by atoms with Crippen LogP contribution >= 0.6 is 0 Å². The van der Waals surface area contributed by atoms with Crippen LogP contribution in [0.15, 0.2) is 53.4 Å². The van der Waals surface area contributed by atoms with E-state index >= 15 is 0 Å². The number of nitrogens with one attached hydrogen (secondary N) is 1. The lowest BCUT2D eigenvalue weighted by Gasteiger charge is -2.12. The van der Waals surface area contributed by atoms with E-state index in [1.807, 2.05) is 13.0 Å². The first kappa shape index (κ1) is 14.9. The smallest absolute Gasteiger partial charge is 0.261 e. The zero-order valence-electron chi connectivity index (χ0n) is 12.2. The van der Waals surface area contributed by atoms with E-state index in [0.717, 1.165) is 12.2 Å². The van der Waals surface area contributed by atoms with Gasteiger partial charge in [0.05, 0.1) is 17.2 Å². The molecule has 1 N–H and O–H groups in total. The Labute approximate surface area is 129 Å². The third-order valence-corrected chi connectivity index (χ3v) is 4.72. The maximum absolute atomic E-state index is 12.3. The number of hydrogen-bond donors (Lipinski definition) is 1. The monoisotopic (exact) mass is 319 g/mol. The van der Waals surface area contributed by atoms with Crippen molar-refractivity contribution in [2.75, 3.05) is 17.9 Å². The molecule has 6 heteroatoms. The molecule has 0 bridgehead atoms. The van der Waals surface area contributed by atoms with E-state index in [4.69, 9.17) is 9.47 Å². The highest BCUT2D eigenvalue weighted by atomic mass is 32.2. The van der Waals surface area contributed by atoms with Gasteiger partial charge in [0, 0.05) is 6.07 Å². The van der Waals surface area contributed by atoms with Gasteiger partial charge in [-0.25, -0.2) is 8.42 Å². The predicted molar refractivity (Wildman–Crippen MR) is 83.7 cm³/mol. The Morgan fingerprint density at radius 3 is 2.64 bits per heavy atom. The number of aryl methyl sites for hydroxylation is 1. The first-order valence-corrected chi connectivity index (χ1v) is 8.46. The lowest BCUT2D eigenvalue weighted by molar-refractivity contribution is 0.262. The van der Waals surface area contributed by atoms with Crippen LogP contribution in [0.3, 0.4) is 0 Å². The highest BCUT2D eigenvalue weighted by Gasteiger charge is 2.23. The van der Waals surface area contributed by atoms with Gasteiger partial charge in [-0.2, -0.15) is 0 Å². The van der Waals surface area contributed by atoms with Crippen LogP contribution in [0, 0.1) is 6.92 Å². The summed E-state index contributed by atoms with van der Waals surface area (Å²) < 4.78 is 37.9. The fourth-order valence-corrected chi connectivity index (χ4v) is 3.05. The Balaban J connectivity index is 1.78. The van der Waals surface area contributed by atoms with Gasteiger partial charge in [-0.05, 0) is 30.7 Å². The molecule has 1 aliphatic rings. The van der Waals surface area contributed by atoms with Gasteiger partial charge in [0.15, 0.2) is 0 Å². The summed E-state index contributed by atoms with van der Waals surface area (Å²) in [6.07, 6.45) is 0.157. The SMILES string of the molecule is Cc1ccc(NS(=O)(=O)c2ccccc2)cc1OCC1CO1. The Bertz CT molecular complexity index is 755. The molecular weight excluding hydrogens is 302 g/mol. The van der Waals surface area contributed by atoms with E-state index in [0.29, 0.717) is 18.0 Å². The average molecular weight is 319 g/mol. The van der Waals surface area contributed by atoms with Crippen LogP contribution in [0.1, 0.15) is 5.56 Å². The average Bonchev–Trinajstić information content (AvgIpc) is 3.33. The van der Waals surface area contributed by atoms with Gasteiger partial charge in [0.25, 0.3) is 10.0 Å². The Hall–Kier alpha value is -2.05. The summed E-state index contributed by atoms with van der Waals surface area (Å²) >= 11 is 0. The number of epoxide rings is 1. The lowest BCUT2D eigenvalue weighted by atomic mass is 10.2. The quantitative estimate of drug-likeness (QED) is 0.831. The third kappa shape index (κ3) is 3.58. The molecular formula is C16H17NO4S. The van der Waals surface area contributed by atoms with Gasteiger partial charge >= 0.3 is 0 Å². The molecule has 0 aliphatic carbocycles. The number of sulfonamides is 1. The second-order valence-corrected chi connectivity index (χ2v) is 6.85. The number of anilines is 1. The van der Waals surface area contributed by atoms with E-state index in [-0.39, 0.29) is 11.0 Å². The van der Waals surface area contributed by atoms with Crippen molar-refractivity contribution >= 4 is 15.7 Å². The maximum Gasteiger partial charge on any atom is 0.261 e. The van der Waals surface area contributed by atoms with Crippen molar-refractivity contribution in [2.45, 2.75) is 17.9 Å². The van der Waals surface area contributed by atoms with Crippen molar-refractivity contribution in [1.29, 1.82) is 0 Å². The molecule has 5 nitrogen and oxygen atoms in total. The highest BCUT2D eigenvalue weighted by molar-refractivity contribution is 7.92. The van der Waals surface area contributed by atoms with Crippen LogP contribution in [-0.4, -0.2) is 27.7 Å². The molecule has 1 fully saturated rings. The van der Waals surface area contributed by atoms with E-state index in [2.05, 4.69) is 4.72 Å². The van der Waals surface area contributed by atoms with Crippen molar-refractivity contribution in [3.05, 3.63) is 54.1 Å². The molecule has 0 aromatic heterocycles. The number of rotatable bonds is 6.